The van der Waals surface area contributed by atoms with Gasteiger partial charge in [0.05, 0.1) is 24.3 Å². The molecule has 0 aliphatic heterocycles. The number of aliphatic hydroxyl groups excluding tert-OH is 2. The molecular formula is C70H84N2O6. The Bertz CT molecular complexity index is 2750. The lowest BCUT2D eigenvalue weighted by Gasteiger charge is -2.10. The van der Waals surface area contributed by atoms with Gasteiger partial charge >= 0.3 is 0 Å². The van der Waals surface area contributed by atoms with Crippen LogP contribution in [0, 0.1) is 98.7 Å². The first kappa shape index (κ1) is 63.2. The molecule has 8 nitrogen and oxygen atoms in total. The highest BCUT2D eigenvalue weighted by Gasteiger charge is 2.12. The Kier molecular flexibility index (Phi) is 31.0. The Morgan fingerprint density at radius 2 is 0.654 bits per heavy atom. The number of carbonyl (C=O) groups excluding carboxylic acids is 2. The number of benzene rings is 4. The topological polar surface area (TPSA) is 117 Å². The largest absolute Gasteiger partial charge is 0.490 e. The van der Waals surface area contributed by atoms with Gasteiger partial charge in [-0.1, -0.05) is 153 Å². The zero-order valence-electron chi connectivity index (χ0n) is 47.7. The molecular weight excluding hydrogens is 965 g/mol. The molecule has 0 aromatic heterocycles. The van der Waals surface area contributed by atoms with Gasteiger partial charge in [-0.2, -0.15) is 0 Å². The van der Waals surface area contributed by atoms with Crippen molar-refractivity contribution in [1.29, 1.82) is 0 Å². The number of hydrogen-bond donors (Lipinski definition) is 4. The Hall–Kier alpha value is -7.30. The van der Waals surface area contributed by atoms with Crippen LogP contribution in [0.3, 0.4) is 0 Å². The van der Waals surface area contributed by atoms with Crippen LogP contribution in [0.25, 0.3) is 0 Å². The Morgan fingerprint density at radius 1 is 0.385 bits per heavy atom. The molecule has 2 amide bonds. The molecule has 8 heteroatoms. The maximum absolute atomic E-state index is 13.0. The quantitative estimate of drug-likeness (QED) is 0.0305. The summed E-state index contributed by atoms with van der Waals surface area (Å²) in [5, 5.41) is 24.8. The molecule has 0 unspecified atom stereocenters. The number of unbranched alkanes of at least 4 members (excludes halogenated alkanes) is 18. The lowest BCUT2D eigenvalue weighted by atomic mass is 10.00. The Labute approximate surface area is 469 Å². The fourth-order valence-electron chi connectivity index (χ4n) is 8.70. The number of rotatable bonds is 30. The van der Waals surface area contributed by atoms with Gasteiger partial charge in [0.2, 0.25) is 0 Å². The molecule has 0 fully saturated rings. The van der Waals surface area contributed by atoms with E-state index >= 15 is 0 Å². The predicted molar refractivity (Wildman–Crippen MR) is 320 cm³/mol. The first-order chi connectivity index (χ1) is 38.1. The number of aryl methyl sites for hydroxylation is 4. The zero-order valence-corrected chi connectivity index (χ0v) is 47.7. The molecule has 0 atom stereocenters. The maximum Gasteiger partial charge on any atom is 0.251 e. The fourth-order valence-corrected chi connectivity index (χ4v) is 8.70. The molecule has 0 aliphatic carbocycles. The van der Waals surface area contributed by atoms with Crippen LogP contribution in [0.15, 0.2) is 60.7 Å². The predicted octanol–water partition coefficient (Wildman–Crippen LogP) is 13.2. The van der Waals surface area contributed by atoms with Crippen molar-refractivity contribution >= 4 is 11.8 Å². The summed E-state index contributed by atoms with van der Waals surface area (Å²) in [5.41, 5.74) is 9.24. The van der Waals surface area contributed by atoms with Gasteiger partial charge in [-0.15, -0.1) is 0 Å². The van der Waals surface area contributed by atoms with Crippen molar-refractivity contribution in [2.24, 2.45) is 0 Å². The van der Waals surface area contributed by atoms with E-state index in [2.05, 4.69) is 95.5 Å². The minimum Gasteiger partial charge on any atom is -0.490 e. The van der Waals surface area contributed by atoms with E-state index in [0.717, 1.165) is 70.2 Å². The van der Waals surface area contributed by atoms with Gasteiger partial charge in [-0.3, -0.25) is 9.59 Å². The van der Waals surface area contributed by atoms with Gasteiger partial charge in [-0.05, 0) is 171 Å². The van der Waals surface area contributed by atoms with Crippen molar-refractivity contribution < 1.29 is 29.3 Å². The molecule has 4 rings (SSSR count). The second-order valence-electron chi connectivity index (χ2n) is 19.9. The number of ether oxygens (including phenoxy) is 2. The van der Waals surface area contributed by atoms with E-state index in [1.54, 1.807) is 36.4 Å². The van der Waals surface area contributed by atoms with Crippen LogP contribution in [0.4, 0.5) is 0 Å². The summed E-state index contributed by atoms with van der Waals surface area (Å²) in [6.07, 6.45) is 24.8. The summed E-state index contributed by atoms with van der Waals surface area (Å²) < 4.78 is 11.5. The van der Waals surface area contributed by atoms with Crippen molar-refractivity contribution in [3.63, 3.8) is 0 Å². The second kappa shape index (κ2) is 38.3. The molecule has 4 N–H and O–H groups in total. The van der Waals surface area contributed by atoms with E-state index in [1.807, 2.05) is 52.0 Å². The smallest absolute Gasteiger partial charge is 0.251 e. The first-order valence-corrected chi connectivity index (χ1v) is 28.7. The first-order valence-electron chi connectivity index (χ1n) is 28.7. The summed E-state index contributed by atoms with van der Waals surface area (Å²) in [4.78, 5) is 26.1. The Balaban J connectivity index is 1.34. The van der Waals surface area contributed by atoms with Crippen LogP contribution >= 0.6 is 0 Å². The fraction of sp³-hybridized carbons (Fsp3) is 0.457. The minimum atomic E-state index is -0.155. The average Bonchev–Trinajstić information content (AvgIpc) is 3.45. The molecule has 410 valence electrons. The lowest BCUT2D eigenvalue weighted by Crippen LogP contribution is -2.24. The van der Waals surface area contributed by atoms with Crippen molar-refractivity contribution in [2.75, 3.05) is 39.5 Å². The third kappa shape index (κ3) is 24.4. The van der Waals surface area contributed by atoms with Crippen LogP contribution in [0.5, 0.6) is 11.5 Å². The SMILES string of the molecule is CCCCCCCCCCCCNC(=O)c1ccc(OCCO)c(C#CC#Cc2cc(C)c(C#CC#Cc3cc(C)c(C#CC#Cc4cc(C(=O)NCCCCCCCCCCCC)ccc4OCCO)cc3C)cc2C)c1. The van der Waals surface area contributed by atoms with Crippen molar-refractivity contribution in [2.45, 2.75) is 170 Å². The summed E-state index contributed by atoms with van der Waals surface area (Å²) >= 11 is 0. The molecule has 0 saturated carbocycles. The van der Waals surface area contributed by atoms with Crippen molar-refractivity contribution in [1.82, 2.24) is 10.6 Å². The summed E-state index contributed by atoms with van der Waals surface area (Å²) in [5.74, 6) is 37.4. The third-order valence-electron chi connectivity index (χ3n) is 13.3. The van der Waals surface area contributed by atoms with Crippen molar-refractivity contribution in [3.05, 3.63) is 127 Å². The van der Waals surface area contributed by atoms with Gasteiger partial charge in [0.25, 0.3) is 11.8 Å². The van der Waals surface area contributed by atoms with Crippen LogP contribution in [0.2, 0.25) is 0 Å². The van der Waals surface area contributed by atoms with Gasteiger partial charge in [-0.25, -0.2) is 0 Å². The van der Waals surface area contributed by atoms with Gasteiger partial charge in [0, 0.05) is 46.5 Å². The Morgan fingerprint density at radius 3 is 0.936 bits per heavy atom. The summed E-state index contributed by atoms with van der Waals surface area (Å²) in [6.45, 7) is 13.6. The number of aliphatic hydroxyl groups is 2. The van der Waals surface area contributed by atoms with Gasteiger partial charge in [0.1, 0.15) is 24.7 Å². The molecule has 0 aliphatic rings. The minimum absolute atomic E-state index is 0.109. The highest BCUT2D eigenvalue weighted by atomic mass is 16.5. The average molecular weight is 1050 g/mol. The standard InChI is InChI=1S/C70H84N2O6/c1-7-9-11-13-15-17-19-21-23-31-43-71-69(75)65-39-41-67(77-47-45-73)63(53-65)37-29-27-35-61-51-55(3)59(49-57(61)5)33-25-26-34-60-50-58(6)62(52-56(60)4)36-28-30-38-64-54-66(40-42-68(64)78-48-46-74)70(76)72-44-32-24-22-20-18-16-14-12-10-8-2/h39-42,49-54,73-74H,7-24,31-32,43-48H2,1-6H3,(H,71,75)(H,72,76). The van der Waals surface area contributed by atoms with E-state index in [4.69, 9.17) is 9.47 Å². The molecule has 0 heterocycles. The van der Waals surface area contributed by atoms with E-state index in [-0.39, 0.29) is 38.2 Å². The van der Waals surface area contributed by atoms with Crippen molar-refractivity contribution in [3.8, 4) is 82.5 Å². The lowest BCUT2D eigenvalue weighted by molar-refractivity contribution is 0.0944. The summed E-state index contributed by atoms with van der Waals surface area (Å²) in [7, 11) is 0. The number of carbonyl (C=O) groups is 2. The molecule has 0 radical (unpaired) electrons. The number of amides is 2. The molecule has 0 saturated heterocycles. The second-order valence-corrected chi connectivity index (χ2v) is 19.9. The third-order valence-corrected chi connectivity index (χ3v) is 13.3. The molecule has 4 aromatic carbocycles. The van der Waals surface area contributed by atoms with E-state index in [9.17, 15) is 19.8 Å². The van der Waals surface area contributed by atoms with E-state index in [0.29, 0.717) is 46.8 Å². The number of nitrogens with one attached hydrogen (secondary N) is 2. The highest BCUT2D eigenvalue weighted by Crippen LogP contribution is 2.22. The van der Waals surface area contributed by atoms with Crippen LogP contribution < -0.4 is 20.1 Å². The van der Waals surface area contributed by atoms with Crippen LogP contribution in [0.1, 0.15) is 219 Å². The van der Waals surface area contributed by atoms with E-state index < -0.39 is 0 Å². The molecule has 78 heavy (non-hydrogen) atoms. The number of hydrogen-bond acceptors (Lipinski definition) is 6. The van der Waals surface area contributed by atoms with Crippen LogP contribution in [-0.2, 0) is 0 Å². The van der Waals surface area contributed by atoms with Gasteiger partial charge in [0.15, 0.2) is 0 Å². The summed E-state index contributed by atoms with van der Waals surface area (Å²) in [6, 6.07) is 18.3. The molecule has 0 bridgehead atoms. The monoisotopic (exact) mass is 1050 g/mol. The normalized spacial score (nSPS) is 10.1. The van der Waals surface area contributed by atoms with Gasteiger partial charge < -0.3 is 30.3 Å². The molecule has 0 spiro atoms. The molecule has 4 aromatic rings. The van der Waals surface area contributed by atoms with E-state index in [1.165, 1.54) is 103 Å². The van der Waals surface area contributed by atoms with Crippen LogP contribution in [-0.4, -0.2) is 61.5 Å². The highest BCUT2D eigenvalue weighted by molar-refractivity contribution is 5.95. The zero-order chi connectivity index (χ0) is 56.0. The maximum atomic E-state index is 13.0.